The Balaban J connectivity index is 1.15. The zero-order valence-corrected chi connectivity index (χ0v) is 19.8. The fourth-order valence-electron chi connectivity index (χ4n) is 5.64. The van der Waals surface area contributed by atoms with E-state index in [2.05, 4.69) is 28.4 Å². The van der Waals surface area contributed by atoms with E-state index in [4.69, 9.17) is 0 Å². The summed E-state index contributed by atoms with van der Waals surface area (Å²) < 4.78 is 14.2. The number of hydrogen-bond donors (Lipinski definition) is 1. The van der Waals surface area contributed by atoms with Crippen LogP contribution in [0.5, 0.6) is 0 Å². The number of carbonyl (C=O) groups is 3. The second-order valence-electron chi connectivity index (χ2n) is 9.75. The van der Waals surface area contributed by atoms with Gasteiger partial charge in [0.05, 0.1) is 0 Å². The number of halogens is 1. The molecule has 0 bridgehead atoms. The number of carbonyl (C=O) groups excluding carboxylic acids is 3. The molecule has 36 heavy (non-hydrogen) atoms. The van der Waals surface area contributed by atoms with Crippen molar-refractivity contribution in [2.24, 2.45) is 0 Å². The van der Waals surface area contributed by atoms with Crippen LogP contribution in [0.25, 0.3) is 16.3 Å². The maximum Gasteiger partial charge on any atom is 0.255 e. The Kier molecular flexibility index (Phi) is 5.64. The first-order chi connectivity index (χ1) is 17.5. The standard InChI is InChI=1S/C29H26FN3O3/c30-25-6-2-4-23-21(3-1-5-24(23)25)19-11-13-32(14-12-19)16-18-7-8-22-20(15-18)17-33(29(22)36)26-9-10-27(34)31-28(26)35/h1-8,11,15,26H,9-10,12-14,16-17H2,(H,31,34,35). The monoisotopic (exact) mass is 483 g/mol. The summed E-state index contributed by atoms with van der Waals surface area (Å²) >= 11 is 0. The summed E-state index contributed by atoms with van der Waals surface area (Å²) in [6.07, 6.45) is 3.72. The fraction of sp³-hybridized carbons (Fsp3) is 0.276. The van der Waals surface area contributed by atoms with Crippen LogP contribution in [0.2, 0.25) is 0 Å². The van der Waals surface area contributed by atoms with Crippen molar-refractivity contribution >= 4 is 34.1 Å². The van der Waals surface area contributed by atoms with Crippen LogP contribution in [-0.4, -0.2) is 46.7 Å². The highest BCUT2D eigenvalue weighted by Crippen LogP contribution is 2.32. The van der Waals surface area contributed by atoms with Gasteiger partial charge in [-0.2, -0.15) is 0 Å². The van der Waals surface area contributed by atoms with E-state index in [1.54, 1.807) is 11.0 Å². The normalized spacial score (nSPS) is 20.5. The Morgan fingerprint density at radius 2 is 1.78 bits per heavy atom. The number of nitrogens with one attached hydrogen (secondary N) is 1. The molecule has 0 aromatic heterocycles. The number of imide groups is 1. The Hall–Kier alpha value is -3.84. The summed E-state index contributed by atoms with van der Waals surface area (Å²) in [5, 5.41) is 3.94. The summed E-state index contributed by atoms with van der Waals surface area (Å²) in [6, 6.07) is 16.3. The van der Waals surface area contributed by atoms with E-state index in [1.807, 2.05) is 30.3 Å². The minimum Gasteiger partial charge on any atom is -0.322 e. The molecule has 3 aromatic rings. The van der Waals surface area contributed by atoms with E-state index in [0.29, 0.717) is 23.9 Å². The van der Waals surface area contributed by atoms with Gasteiger partial charge < -0.3 is 4.90 Å². The summed E-state index contributed by atoms with van der Waals surface area (Å²) in [4.78, 5) is 40.6. The predicted molar refractivity (Wildman–Crippen MR) is 134 cm³/mol. The Morgan fingerprint density at radius 3 is 2.58 bits per heavy atom. The molecule has 0 radical (unpaired) electrons. The molecule has 3 aromatic carbocycles. The number of fused-ring (bicyclic) bond motifs is 2. The molecule has 3 aliphatic heterocycles. The first-order valence-corrected chi connectivity index (χ1v) is 12.3. The molecule has 3 heterocycles. The second-order valence-corrected chi connectivity index (χ2v) is 9.75. The Morgan fingerprint density at radius 1 is 0.944 bits per heavy atom. The van der Waals surface area contributed by atoms with Crippen LogP contribution in [0.3, 0.4) is 0 Å². The summed E-state index contributed by atoms with van der Waals surface area (Å²) in [5.74, 6) is -1.02. The maximum absolute atomic E-state index is 14.2. The lowest BCUT2D eigenvalue weighted by Gasteiger charge is -2.29. The summed E-state index contributed by atoms with van der Waals surface area (Å²) in [7, 11) is 0. The Labute approximate surface area is 208 Å². The van der Waals surface area contributed by atoms with Crippen molar-refractivity contribution in [2.45, 2.75) is 38.4 Å². The number of benzene rings is 3. The molecule has 1 atom stereocenters. The highest BCUT2D eigenvalue weighted by atomic mass is 19.1. The van der Waals surface area contributed by atoms with Crippen molar-refractivity contribution < 1.29 is 18.8 Å². The minimum atomic E-state index is -0.598. The van der Waals surface area contributed by atoms with E-state index in [0.717, 1.165) is 48.1 Å². The largest absolute Gasteiger partial charge is 0.322 e. The van der Waals surface area contributed by atoms with Gasteiger partial charge in [-0.25, -0.2) is 4.39 Å². The first-order valence-electron chi connectivity index (χ1n) is 12.3. The van der Waals surface area contributed by atoms with Crippen LogP contribution in [-0.2, 0) is 22.7 Å². The van der Waals surface area contributed by atoms with Gasteiger partial charge in [-0.05, 0) is 52.6 Å². The van der Waals surface area contributed by atoms with Gasteiger partial charge in [0.15, 0.2) is 0 Å². The van der Waals surface area contributed by atoms with Crippen molar-refractivity contribution in [3.63, 3.8) is 0 Å². The number of amides is 3. The number of hydrogen-bond acceptors (Lipinski definition) is 4. The Bertz CT molecular complexity index is 1450. The van der Waals surface area contributed by atoms with Crippen LogP contribution in [0.1, 0.15) is 46.3 Å². The van der Waals surface area contributed by atoms with E-state index in [9.17, 15) is 18.8 Å². The van der Waals surface area contributed by atoms with Crippen LogP contribution in [0, 0.1) is 5.82 Å². The summed E-state index contributed by atoms with van der Waals surface area (Å²) in [6.45, 7) is 2.82. The highest BCUT2D eigenvalue weighted by Gasteiger charge is 2.39. The fourth-order valence-corrected chi connectivity index (χ4v) is 5.64. The van der Waals surface area contributed by atoms with Crippen molar-refractivity contribution in [1.29, 1.82) is 0 Å². The zero-order chi connectivity index (χ0) is 24.8. The smallest absolute Gasteiger partial charge is 0.255 e. The molecule has 0 aliphatic carbocycles. The van der Waals surface area contributed by atoms with E-state index in [1.165, 1.54) is 11.6 Å². The van der Waals surface area contributed by atoms with E-state index < -0.39 is 11.9 Å². The van der Waals surface area contributed by atoms with Crippen molar-refractivity contribution in [1.82, 2.24) is 15.1 Å². The second kappa shape index (κ2) is 8.99. The number of nitrogens with zero attached hydrogens (tertiary/aromatic N) is 2. The molecule has 0 saturated carbocycles. The average Bonchev–Trinajstić information content (AvgIpc) is 3.20. The highest BCUT2D eigenvalue weighted by molar-refractivity contribution is 6.05. The molecular formula is C29H26FN3O3. The first kappa shape index (κ1) is 22.6. The number of rotatable bonds is 4. The molecule has 6 rings (SSSR count). The molecule has 6 nitrogen and oxygen atoms in total. The van der Waals surface area contributed by atoms with E-state index in [-0.39, 0.29) is 24.1 Å². The number of piperidine rings is 1. The van der Waals surface area contributed by atoms with Crippen LogP contribution in [0.4, 0.5) is 4.39 Å². The lowest BCUT2D eigenvalue weighted by Crippen LogP contribution is -2.52. The van der Waals surface area contributed by atoms with Crippen molar-refractivity contribution in [3.05, 3.63) is 88.7 Å². The molecular weight excluding hydrogens is 457 g/mol. The third-order valence-electron chi connectivity index (χ3n) is 7.50. The quantitative estimate of drug-likeness (QED) is 0.569. The topological polar surface area (TPSA) is 69.7 Å². The van der Waals surface area contributed by atoms with Crippen molar-refractivity contribution in [3.8, 4) is 0 Å². The van der Waals surface area contributed by atoms with Gasteiger partial charge in [-0.15, -0.1) is 0 Å². The zero-order valence-electron chi connectivity index (χ0n) is 19.8. The molecule has 7 heteroatoms. The lowest BCUT2D eigenvalue weighted by molar-refractivity contribution is -0.136. The molecule has 182 valence electrons. The molecule has 1 saturated heterocycles. The average molecular weight is 484 g/mol. The summed E-state index contributed by atoms with van der Waals surface area (Å²) in [5.41, 5.74) is 5.01. The molecule has 3 aliphatic rings. The van der Waals surface area contributed by atoms with Crippen LogP contribution < -0.4 is 5.32 Å². The van der Waals surface area contributed by atoms with Gasteiger partial charge in [-0.3, -0.25) is 24.6 Å². The lowest BCUT2D eigenvalue weighted by atomic mass is 9.94. The molecule has 3 amide bonds. The molecule has 0 spiro atoms. The molecule has 1 N–H and O–H groups in total. The van der Waals surface area contributed by atoms with Crippen LogP contribution in [0.15, 0.2) is 60.7 Å². The third-order valence-corrected chi connectivity index (χ3v) is 7.50. The molecule has 1 unspecified atom stereocenters. The van der Waals surface area contributed by atoms with Crippen molar-refractivity contribution in [2.75, 3.05) is 13.1 Å². The van der Waals surface area contributed by atoms with Gasteiger partial charge in [0.1, 0.15) is 11.9 Å². The maximum atomic E-state index is 14.2. The SMILES string of the molecule is O=C1CCC(N2Cc3cc(CN4CC=C(c5cccc6c(F)cccc56)CC4)ccc3C2=O)C(=O)N1. The van der Waals surface area contributed by atoms with Gasteiger partial charge in [0.25, 0.3) is 5.91 Å². The molecule has 1 fully saturated rings. The third kappa shape index (κ3) is 3.99. The van der Waals surface area contributed by atoms with Gasteiger partial charge >= 0.3 is 0 Å². The van der Waals surface area contributed by atoms with Gasteiger partial charge in [0, 0.05) is 43.5 Å². The van der Waals surface area contributed by atoms with Gasteiger partial charge in [0.2, 0.25) is 11.8 Å². The minimum absolute atomic E-state index is 0.150. The van der Waals surface area contributed by atoms with E-state index >= 15 is 0 Å². The van der Waals surface area contributed by atoms with Gasteiger partial charge in [-0.1, -0.05) is 48.5 Å². The van der Waals surface area contributed by atoms with Crippen LogP contribution >= 0.6 is 0 Å². The predicted octanol–water partition coefficient (Wildman–Crippen LogP) is 4.03.